The highest BCUT2D eigenvalue weighted by molar-refractivity contribution is 9.10. The van der Waals surface area contributed by atoms with Gasteiger partial charge in [0.25, 0.3) is 0 Å². The summed E-state index contributed by atoms with van der Waals surface area (Å²) in [5, 5.41) is 0. The average molecular weight is 271 g/mol. The number of ketones is 1. The van der Waals surface area contributed by atoms with Gasteiger partial charge in [-0.3, -0.25) is 4.79 Å². The fraction of sp³-hybridized carbons (Fsp3) is 0.417. The Bertz CT molecular complexity index is 336. The fourth-order valence-electron chi connectivity index (χ4n) is 1.31. The topological polar surface area (TPSA) is 26.3 Å². The van der Waals surface area contributed by atoms with Crippen molar-refractivity contribution in [2.24, 2.45) is 0 Å². The molecular formula is C12H15BrO2. The van der Waals surface area contributed by atoms with Crippen LogP contribution in [0.1, 0.15) is 25.8 Å². The predicted molar refractivity (Wildman–Crippen MR) is 63.7 cm³/mol. The molecule has 0 radical (unpaired) electrons. The van der Waals surface area contributed by atoms with Crippen LogP contribution in [-0.4, -0.2) is 11.9 Å². The zero-order valence-electron chi connectivity index (χ0n) is 9.00. The Kier molecular flexibility index (Phi) is 4.99. The Morgan fingerprint density at radius 3 is 2.73 bits per heavy atom. The van der Waals surface area contributed by atoms with E-state index in [-0.39, 0.29) is 11.9 Å². The summed E-state index contributed by atoms with van der Waals surface area (Å²) in [6, 6.07) is 7.92. The Morgan fingerprint density at radius 1 is 1.47 bits per heavy atom. The molecule has 3 heteroatoms. The normalized spacial score (nSPS) is 12.5. The number of hydrogen-bond donors (Lipinski definition) is 0. The summed E-state index contributed by atoms with van der Waals surface area (Å²) < 4.78 is 6.61. The first-order chi connectivity index (χ1) is 7.09. The van der Waals surface area contributed by atoms with Crippen molar-refractivity contribution >= 4 is 21.7 Å². The SMILES string of the molecule is CC(=O)CC(C)OCc1ccccc1Br. The van der Waals surface area contributed by atoms with Gasteiger partial charge in [-0.1, -0.05) is 34.1 Å². The maximum atomic E-state index is 10.8. The minimum atomic E-state index is -0.0189. The van der Waals surface area contributed by atoms with Crippen LogP contribution < -0.4 is 0 Å². The molecule has 1 unspecified atom stereocenters. The van der Waals surface area contributed by atoms with E-state index in [0.717, 1.165) is 10.0 Å². The zero-order valence-corrected chi connectivity index (χ0v) is 10.6. The molecular weight excluding hydrogens is 256 g/mol. The Balaban J connectivity index is 2.43. The van der Waals surface area contributed by atoms with E-state index in [0.29, 0.717) is 13.0 Å². The molecule has 0 fully saturated rings. The Labute approximate surface area is 98.8 Å². The third-order valence-electron chi connectivity index (χ3n) is 2.06. The highest BCUT2D eigenvalue weighted by Gasteiger charge is 2.06. The number of carbonyl (C=O) groups excluding carboxylic acids is 1. The summed E-state index contributed by atoms with van der Waals surface area (Å²) in [6.07, 6.45) is 0.458. The number of Topliss-reactive ketones (excluding diaryl/α,β-unsaturated/α-hetero) is 1. The van der Waals surface area contributed by atoms with Crippen molar-refractivity contribution in [1.82, 2.24) is 0 Å². The molecule has 0 aliphatic rings. The second-order valence-electron chi connectivity index (χ2n) is 3.62. The number of rotatable bonds is 5. The van der Waals surface area contributed by atoms with Gasteiger partial charge >= 0.3 is 0 Å². The van der Waals surface area contributed by atoms with E-state index in [1.165, 1.54) is 0 Å². The first-order valence-electron chi connectivity index (χ1n) is 4.94. The molecule has 0 saturated heterocycles. The van der Waals surface area contributed by atoms with Crippen LogP contribution in [0.2, 0.25) is 0 Å². The molecule has 1 rings (SSSR count). The first kappa shape index (κ1) is 12.4. The molecule has 0 spiro atoms. The highest BCUT2D eigenvalue weighted by atomic mass is 79.9. The van der Waals surface area contributed by atoms with Crippen LogP contribution in [0.4, 0.5) is 0 Å². The molecule has 0 bridgehead atoms. The quantitative estimate of drug-likeness (QED) is 0.821. The number of ether oxygens (including phenoxy) is 1. The number of hydrogen-bond acceptors (Lipinski definition) is 2. The molecule has 1 atom stereocenters. The zero-order chi connectivity index (χ0) is 11.3. The smallest absolute Gasteiger partial charge is 0.132 e. The second kappa shape index (κ2) is 6.03. The van der Waals surface area contributed by atoms with E-state index >= 15 is 0 Å². The summed E-state index contributed by atoms with van der Waals surface area (Å²) in [5.41, 5.74) is 1.10. The Hall–Kier alpha value is -0.670. The van der Waals surface area contributed by atoms with Gasteiger partial charge < -0.3 is 4.74 Å². The van der Waals surface area contributed by atoms with Crippen LogP contribution in [0.3, 0.4) is 0 Å². The summed E-state index contributed by atoms with van der Waals surface area (Å²) in [7, 11) is 0. The van der Waals surface area contributed by atoms with Crippen molar-refractivity contribution in [2.45, 2.75) is 33.0 Å². The third-order valence-corrected chi connectivity index (χ3v) is 2.83. The van der Waals surface area contributed by atoms with E-state index in [4.69, 9.17) is 4.74 Å². The molecule has 2 nitrogen and oxygen atoms in total. The van der Waals surface area contributed by atoms with Gasteiger partial charge in [0.1, 0.15) is 5.78 Å². The van der Waals surface area contributed by atoms with E-state index in [1.807, 2.05) is 31.2 Å². The van der Waals surface area contributed by atoms with Crippen molar-refractivity contribution in [2.75, 3.05) is 0 Å². The lowest BCUT2D eigenvalue weighted by Crippen LogP contribution is -2.12. The minimum absolute atomic E-state index is 0.0189. The number of carbonyl (C=O) groups is 1. The molecule has 0 saturated carbocycles. The summed E-state index contributed by atoms with van der Waals surface area (Å²) in [4.78, 5) is 10.8. The van der Waals surface area contributed by atoms with Gasteiger partial charge in [0, 0.05) is 10.9 Å². The molecule has 0 N–H and O–H groups in total. The summed E-state index contributed by atoms with van der Waals surface area (Å²) in [5.74, 6) is 0.162. The molecule has 0 aliphatic carbocycles. The van der Waals surface area contributed by atoms with Crippen molar-refractivity contribution in [3.63, 3.8) is 0 Å². The van der Waals surface area contributed by atoms with Crippen LogP contribution in [0.5, 0.6) is 0 Å². The van der Waals surface area contributed by atoms with Crippen molar-refractivity contribution in [1.29, 1.82) is 0 Å². The molecule has 15 heavy (non-hydrogen) atoms. The standard InChI is InChI=1S/C12H15BrO2/c1-9(14)7-10(2)15-8-11-5-3-4-6-12(11)13/h3-6,10H,7-8H2,1-2H3. The van der Waals surface area contributed by atoms with Crippen molar-refractivity contribution in [3.05, 3.63) is 34.3 Å². The van der Waals surface area contributed by atoms with Crippen LogP contribution in [0.25, 0.3) is 0 Å². The van der Waals surface area contributed by atoms with E-state index in [1.54, 1.807) is 6.92 Å². The maximum absolute atomic E-state index is 10.8. The molecule has 1 aromatic rings. The van der Waals surface area contributed by atoms with E-state index in [2.05, 4.69) is 15.9 Å². The lowest BCUT2D eigenvalue weighted by Gasteiger charge is -2.12. The lowest BCUT2D eigenvalue weighted by molar-refractivity contribution is -0.119. The highest BCUT2D eigenvalue weighted by Crippen LogP contribution is 2.17. The summed E-state index contributed by atoms with van der Waals surface area (Å²) >= 11 is 3.45. The van der Waals surface area contributed by atoms with Gasteiger partial charge in [0.05, 0.1) is 12.7 Å². The number of benzene rings is 1. The predicted octanol–water partition coefficient (Wildman–Crippen LogP) is 3.33. The molecule has 1 aromatic carbocycles. The summed E-state index contributed by atoms with van der Waals surface area (Å²) in [6.45, 7) is 4.03. The molecule has 0 heterocycles. The lowest BCUT2D eigenvalue weighted by atomic mass is 10.2. The van der Waals surface area contributed by atoms with E-state index < -0.39 is 0 Å². The molecule has 0 aromatic heterocycles. The molecule has 0 aliphatic heterocycles. The van der Waals surface area contributed by atoms with Crippen LogP contribution in [-0.2, 0) is 16.1 Å². The second-order valence-corrected chi connectivity index (χ2v) is 4.47. The van der Waals surface area contributed by atoms with Gasteiger partial charge in [0.2, 0.25) is 0 Å². The van der Waals surface area contributed by atoms with Gasteiger partial charge in [-0.05, 0) is 25.5 Å². The van der Waals surface area contributed by atoms with Crippen molar-refractivity contribution < 1.29 is 9.53 Å². The number of halogens is 1. The maximum Gasteiger partial charge on any atom is 0.132 e. The minimum Gasteiger partial charge on any atom is -0.373 e. The molecule has 82 valence electrons. The van der Waals surface area contributed by atoms with Gasteiger partial charge in [0.15, 0.2) is 0 Å². The Morgan fingerprint density at radius 2 is 2.13 bits per heavy atom. The van der Waals surface area contributed by atoms with Crippen LogP contribution >= 0.6 is 15.9 Å². The van der Waals surface area contributed by atoms with Gasteiger partial charge in [-0.15, -0.1) is 0 Å². The largest absolute Gasteiger partial charge is 0.373 e. The van der Waals surface area contributed by atoms with E-state index in [9.17, 15) is 4.79 Å². The van der Waals surface area contributed by atoms with Crippen LogP contribution in [0.15, 0.2) is 28.7 Å². The van der Waals surface area contributed by atoms with Crippen LogP contribution in [0, 0.1) is 0 Å². The van der Waals surface area contributed by atoms with Crippen molar-refractivity contribution in [3.8, 4) is 0 Å². The third kappa shape index (κ3) is 4.58. The average Bonchev–Trinajstić information content (AvgIpc) is 2.15. The first-order valence-corrected chi connectivity index (χ1v) is 5.73. The molecule has 0 amide bonds. The monoisotopic (exact) mass is 270 g/mol. The van der Waals surface area contributed by atoms with Gasteiger partial charge in [-0.2, -0.15) is 0 Å². The fourth-order valence-corrected chi connectivity index (χ4v) is 1.71. The van der Waals surface area contributed by atoms with Gasteiger partial charge in [-0.25, -0.2) is 0 Å².